The Balaban J connectivity index is 1.38. The third-order valence-electron chi connectivity index (χ3n) is 12.6. The zero-order valence-corrected chi connectivity index (χ0v) is 48.7. The molecule has 0 fully saturated rings. The maximum Gasteiger partial charge on any atom is 0.362 e. The Hall–Kier alpha value is -6.22. The Morgan fingerprint density at radius 3 is 0.947 bits per heavy atom. The highest BCUT2D eigenvalue weighted by atomic mass is 31.2. The first-order valence-corrected chi connectivity index (χ1v) is 29.1. The predicted octanol–water partition coefficient (Wildman–Crippen LogP) is 17.5. The van der Waals surface area contributed by atoms with Crippen molar-refractivity contribution in [1.82, 2.24) is 19.9 Å². The Morgan fingerprint density at radius 1 is 0.355 bits per heavy atom. The average molecular weight is 1060 g/mol. The summed E-state index contributed by atoms with van der Waals surface area (Å²) in [5.74, 6) is 0. The molecule has 0 atom stereocenters. The summed E-state index contributed by atoms with van der Waals surface area (Å²) in [7, 11) is -7.62. The van der Waals surface area contributed by atoms with Crippen LogP contribution < -0.4 is 10.6 Å². The van der Waals surface area contributed by atoms with Crippen molar-refractivity contribution < 1.29 is 27.2 Å². The van der Waals surface area contributed by atoms with E-state index in [1.807, 2.05) is 133 Å². The Morgan fingerprint density at radius 2 is 0.632 bits per heavy atom. The van der Waals surface area contributed by atoms with E-state index in [9.17, 15) is 4.57 Å². The summed E-state index contributed by atoms with van der Waals surface area (Å²) in [5.41, 5.74) is 14.9. The lowest BCUT2D eigenvalue weighted by atomic mass is 9.94. The van der Waals surface area contributed by atoms with Crippen LogP contribution in [-0.4, -0.2) is 42.3 Å². The summed E-state index contributed by atoms with van der Waals surface area (Å²) in [6.07, 6.45) is 8.32. The number of aromatic nitrogens is 4. The van der Waals surface area contributed by atoms with Crippen molar-refractivity contribution in [2.75, 3.05) is 0 Å². The molecule has 2 N–H and O–H groups in total. The quantitative estimate of drug-likeness (QED) is 0.130. The molecule has 394 valence electrons. The lowest BCUT2D eigenvalue weighted by Crippen LogP contribution is -2.28. The van der Waals surface area contributed by atoms with Crippen LogP contribution in [0.4, 0.5) is 0 Å². The molecule has 0 saturated heterocycles. The van der Waals surface area contributed by atoms with Crippen LogP contribution in [0, 0.1) is 27.7 Å². The molecule has 3 aromatic heterocycles. The van der Waals surface area contributed by atoms with Gasteiger partial charge in [0.25, 0.3) is 0 Å². The lowest BCUT2D eigenvalue weighted by molar-refractivity contribution is 0.0533. The number of benzene rings is 4. The van der Waals surface area contributed by atoms with E-state index in [4.69, 9.17) is 28.1 Å². The number of H-pyrrole nitrogens is 2. The number of aromatic amines is 2. The van der Waals surface area contributed by atoms with Crippen molar-refractivity contribution in [3.8, 4) is 44.5 Å². The molecule has 2 aliphatic heterocycles. The van der Waals surface area contributed by atoms with Gasteiger partial charge in [-0.05, 0) is 217 Å². The van der Waals surface area contributed by atoms with Gasteiger partial charge in [-0.25, -0.2) is 9.97 Å². The maximum atomic E-state index is 15.0. The SMILES string of the molecule is Cc1ccc(-c2c3nc(c(-c4c(C)cc(P(=O)(OC(C)(C)C)OC(C)(C)C)cc4C)c4ccc([nH]4)c(-c4ccc(C)cc4)c4nc(c(-c5ccc(P(=O)(OC(C)(C)C)OC(C)(C)C)cc5)c5ccc2[nH]5)C=C4)C=C3)cc1. The Bertz CT molecular complexity index is 3620. The largest absolute Gasteiger partial charge is 0.362 e. The molecule has 76 heavy (non-hydrogen) atoms. The molecule has 9 rings (SSSR count). The van der Waals surface area contributed by atoms with Gasteiger partial charge in [0.15, 0.2) is 0 Å². The normalized spacial score (nSPS) is 13.5. The maximum absolute atomic E-state index is 15.0. The third-order valence-corrected chi connectivity index (χ3v) is 17.5. The first-order valence-electron chi connectivity index (χ1n) is 26.0. The number of aryl methyl sites for hydroxylation is 4. The second kappa shape index (κ2) is 20.0. The van der Waals surface area contributed by atoms with E-state index in [2.05, 4.69) is 121 Å². The molecule has 12 heteroatoms. The molecule has 10 nitrogen and oxygen atoms in total. The van der Waals surface area contributed by atoms with Gasteiger partial charge in [0.05, 0.1) is 55.8 Å². The van der Waals surface area contributed by atoms with Gasteiger partial charge >= 0.3 is 15.2 Å². The van der Waals surface area contributed by atoms with E-state index in [0.29, 0.717) is 10.6 Å². The minimum atomic E-state index is -3.83. The van der Waals surface area contributed by atoms with Crippen molar-refractivity contribution in [3.63, 3.8) is 0 Å². The van der Waals surface area contributed by atoms with Crippen LogP contribution in [0.1, 0.15) is 128 Å². The summed E-state index contributed by atoms with van der Waals surface area (Å²) in [4.78, 5) is 18.8. The standard InChI is InChI=1S/C64H72N4O6P2/c1-39-17-21-43(22-18-39)57-48-29-31-50(65-48)59(45-25-27-46(28-26-45)75(69,71-61(5,6)7)72-62(8,9)10)51-32-30-49(66-51)58(44-23-19-40(2)20-24-44)53-34-36-55(68-53)60(54-35-33-52(57)67-54)56-41(3)37-47(38-42(56)4)76(70,73-63(11,12)13)74-64(14,15)16/h17-38,65,68H,1-16H3. The molecule has 2 aliphatic rings. The van der Waals surface area contributed by atoms with Gasteiger partial charge in [-0.15, -0.1) is 0 Å². The van der Waals surface area contributed by atoms with Crippen molar-refractivity contribution in [2.24, 2.45) is 0 Å². The minimum Gasteiger partial charge on any atom is -0.354 e. The number of fused-ring (bicyclic) bond motifs is 8. The van der Waals surface area contributed by atoms with E-state index < -0.39 is 37.6 Å². The summed E-state index contributed by atoms with van der Waals surface area (Å²) in [6.45, 7) is 30.9. The van der Waals surface area contributed by atoms with Crippen molar-refractivity contribution >= 4 is 72.2 Å². The number of nitrogens with one attached hydrogen (secondary N) is 2. The van der Waals surface area contributed by atoms with Crippen LogP contribution >= 0.6 is 15.2 Å². The summed E-state index contributed by atoms with van der Waals surface area (Å²) in [6, 6.07) is 37.0. The predicted molar refractivity (Wildman–Crippen MR) is 317 cm³/mol. The monoisotopic (exact) mass is 1050 g/mol. The van der Waals surface area contributed by atoms with Gasteiger partial charge < -0.3 is 9.97 Å². The number of hydrogen-bond acceptors (Lipinski definition) is 8. The Labute approximate surface area is 449 Å². The fourth-order valence-corrected chi connectivity index (χ4v) is 14.4. The number of nitrogens with zero attached hydrogens (tertiary/aromatic N) is 2. The average Bonchev–Trinajstić information content (AvgIpc) is 4.14. The first kappa shape index (κ1) is 54.6. The molecule has 0 unspecified atom stereocenters. The fraction of sp³-hybridized carbons (Fsp3) is 0.312. The lowest BCUT2D eigenvalue weighted by Gasteiger charge is -2.32. The van der Waals surface area contributed by atoms with E-state index in [1.54, 1.807) is 0 Å². The fourth-order valence-electron chi connectivity index (χ4n) is 9.81. The van der Waals surface area contributed by atoms with Crippen LogP contribution in [0.25, 0.3) is 90.9 Å². The van der Waals surface area contributed by atoms with Gasteiger partial charge in [0.2, 0.25) is 0 Å². The minimum absolute atomic E-state index is 0.463. The number of hydrogen-bond donors (Lipinski definition) is 2. The summed E-state index contributed by atoms with van der Waals surface area (Å²) < 4.78 is 55.0. The van der Waals surface area contributed by atoms with Crippen LogP contribution in [-0.2, 0) is 27.2 Å². The van der Waals surface area contributed by atoms with Crippen LogP contribution in [0.3, 0.4) is 0 Å². The molecular formula is C64H72N4O6P2. The second-order valence-corrected chi connectivity index (χ2v) is 27.8. The third kappa shape index (κ3) is 11.8. The van der Waals surface area contributed by atoms with E-state index in [-0.39, 0.29) is 0 Å². The molecule has 0 saturated carbocycles. The smallest absolute Gasteiger partial charge is 0.354 e. The van der Waals surface area contributed by atoms with Crippen molar-refractivity contribution in [3.05, 3.63) is 154 Å². The Kier molecular flexibility index (Phi) is 14.3. The molecule has 4 aromatic carbocycles. The van der Waals surface area contributed by atoms with Crippen LogP contribution in [0.2, 0.25) is 0 Å². The first-order chi connectivity index (χ1) is 35.4. The highest BCUT2D eigenvalue weighted by Gasteiger charge is 2.39. The molecule has 0 radical (unpaired) electrons. The topological polar surface area (TPSA) is 128 Å². The molecule has 5 heterocycles. The molecule has 0 spiro atoms. The molecule has 0 amide bonds. The van der Waals surface area contributed by atoms with E-state index in [0.717, 1.165) is 112 Å². The zero-order valence-electron chi connectivity index (χ0n) is 46.9. The molecule has 8 bridgehead atoms. The van der Waals surface area contributed by atoms with Gasteiger partial charge in [0.1, 0.15) is 0 Å². The van der Waals surface area contributed by atoms with Crippen LogP contribution in [0.5, 0.6) is 0 Å². The van der Waals surface area contributed by atoms with Gasteiger partial charge in [0, 0.05) is 44.3 Å². The highest BCUT2D eigenvalue weighted by molar-refractivity contribution is 7.62. The molecule has 0 aliphatic carbocycles. The van der Waals surface area contributed by atoms with Gasteiger partial charge in [-0.2, -0.15) is 0 Å². The molecule has 7 aromatic rings. The molecular weight excluding hydrogens is 983 g/mol. The van der Waals surface area contributed by atoms with Crippen LogP contribution in [0.15, 0.2) is 109 Å². The zero-order chi connectivity index (χ0) is 54.9. The van der Waals surface area contributed by atoms with Crippen molar-refractivity contribution in [2.45, 2.75) is 133 Å². The number of rotatable bonds is 10. The van der Waals surface area contributed by atoms with Crippen molar-refractivity contribution in [1.29, 1.82) is 0 Å². The highest BCUT2D eigenvalue weighted by Crippen LogP contribution is 2.55. The van der Waals surface area contributed by atoms with E-state index in [1.165, 1.54) is 0 Å². The summed E-state index contributed by atoms with van der Waals surface area (Å²) >= 11 is 0. The van der Waals surface area contributed by atoms with Gasteiger partial charge in [-0.3, -0.25) is 27.2 Å². The summed E-state index contributed by atoms with van der Waals surface area (Å²) in [5, 5.41) is 0.959. The van der Waals surface area contributed by atoms with Gasteiger partial charge in [-0.1, -0.05) is 71.8 Å². The van der Waals surface area contributed by atoms with E-state index >= 15 is 4.57 Å². The second-order valence-electron chi connectivity index (χ2n) is 24.0.